The molecule has 2 aromatic rings. The molecule has 1 N–H and O–H groups in total. The van der Waals surface area contributed by atoms with E-state index in [1.54, 1.807) is 13.1 Å². The van der Waals surface area contributed by atoms with E-state index in [2.05, 4.69) is 6.92 Å². The molecule has 0 amide bonds. The number of carboxylic acids is 1. The summed E-state index contributed by atoms with van der Waals surface area (Å²) in [7, 11) is 1.68. The highest BCUT2D eigenvalue weighted by atomic mass is 16.4. The highest BCUT2D eigenvalue weighted by molar-refractivity contribution is 5.85. The SMILES string of the molecule is CCc1ccc(-c2ccc(/C=C/C(=O)O)c(=O)n2C)cc1. The summed E-state index contributed by atoms with van der Waals surface area (Å²) in [6.07, 6.45) is 3.25. The van der Waals surface area contributed by atoms with Gasteiger partial charge in [0.1, 0.15) is 0 Å². The maximum atomic E-state index is 12.2. The fraction of sp³-hybridized carbons (Fsp3) is 0.176. The molecular weight excluding hydrogens is 266 g/mol. The van der Waals surface area contributed by atoms with E-state index in [-0.39, 0.29) is 5.56 Å². The van der Waals surface area contributed by atoms with Crippen LogP contribution in [-0.2, 0) is 18.3 Å². The van der Waals surface area contributed by atoms with E-state index in [0.717, 1.165) is 23.8 Å². The molecule has 4 heteroatoms. The van der Waals surface area contributed by atoms with Crippen LogP contribution < -0.4 is 5.56 Å². The Kier molecular flexibility index (Phi) is 4.38. The summed E-state index contributed by atoms with van der Waals surface area (Å²) >= 11 is 0. The summed E-state index contributed by atoms with van der Waals surface area (Å²) in [6, 6.07) is 11.5. The average Bonchev–Trinajstić information content (AvgIpc) is 2.49. The normalized spacial score (nSPS) is 11.0. The number of aliphatic carboxylic acids is 1. The number of rotatable bonds is 4. The lowest BCUT2D eigenvalue weighted by atomic mass is 10.1. The van der Waals surface area contributed by atoms with Crippen LogP contribution in [0, 0.1) is 0 Å². The lowest BCUT2D eigenvalue weighted by Gasteiger charge is -2.10. The van der Waals surface area contributed by atoms with Crippen molar-refractivity contribution in [3.8, 4) is 11.3 Å². The fourth-order valence-electron chi connectivity index (χ4n) is 2.14. The summed E-state index contributed by atoms with van der Waals surface area (Å²) in [4.78, 5) is 22.7. The van der Waals surface area contributed by atoms with Gasteiger partial charge < -0.3 is 9.67 Å². The van der Waals surface area contributed by atoms with E-state index in [1.165, 1.54) is 16.2 Å². The minimum absolute atomic E-state index is 0.218. The van der Waals surface area contributed by atoms with Crippen LogP contribution >= 0.6 is 0 Å². The molecule has 0 atom stereocenters. The predicted molar refractivity (Wildman–Crippen MR) is 83.2 cm³/mol. The van der Waals surface area contributed by atoms with Crippen molar-refractivity contribution >= 4 is 12.0 Å². The summed E-state index contributed by atoms with van der Waals surface area (Å²) in [5.41, 5.74) is 3.14. The van der Waals surface area contributed by atoms with Crippen LogP contribution in [0.2, 0.25) is 0 Å². The van der Waals surface area contributed by atoms with Gasteiger partial charge in [-0.3, -0.25) is 4.79 Å². The second-order valence-corrected chi connectivity index (χ2v) is 4.76. The molecule has 1 aromatic carbocycles. The van der Waals surface area contributed by atoms with Gasteiger partial charge in [0.2, 0.25) is 0 Å². The van der Waals surface area contributed by atoms with E-state index in [0.29, 0.717) is 5.56 Å². The predicted octanol–water partition coefficient (Wildman–Crippen LogP) is 2.71. The summed E-state index contributed by atoms with van der Waals surface area (Å²) in [5, 5.41) is 8.62. The Bertz CT molecular complexity index is 740. The summed E-state index contributed by atoms with van der Waals surface area (Å²) < 4.78 is 1.53. The van der Waals surface area contributed by atoms with Crippen LogP contribution in [0.4, 0.5) is 0 Å². The number of nitrogens with zero attached hydrogens (tertiary/aromatic N) is 1. The van der Waals surface area contributed by atoms with Gasteiger partial charge in [0.05, 0.1) is 5.69 Å². The summed E-state index contributed by atoms with van der Waals surface area (Å²) in [6.45, 7) is 2.09. The molecule has 0 saturated carbocycles. The first-order valence-electron chi connectivity index (χ1n) is 6.73. The molecule has 1 heterocycles. The molecular formula is C17H17NO3. The number of carboxylic acid groups (broad SMARTS) is 1. The number of aryl methyl sites for hydroxylation is 1. The van der Waals surface area contributed by atoms with Crippen LogP contribution in [0.25, 0.3) is 17.3 Å². The lowest BCUT2D eigenvalue weighted by molar-refractivity contribution is -0.131. The first-order valence-corrected chi connectivity index (χ1v) is 6.73. The highest BCUT2D eigenvalue weighted by Crippen LogP contribution is 2.18. The van der Waals surface area contributed by atoms with Gasteiger partial charge in [0, 0.05) is 18.7 Å². The molecule has 0 spiro atoms. The van der Waals surface area contributed by atoms with E-state index in [4.69, 9.17) is 5.11 Å². The first-order chi connectivity index (χ1) is 10.0. The van der Waals surface area contributed by atoms with Crippen molar-refractivity contribution in [3.63, 3.8) is 0 Å². The monoisotopic (exact) mass is 283 g/mol. The van der Waals surface area contributed by atoms with Gasteiger partial charge >= 0.3 is 5.97 Å². The number of pyridine rings is 1. The van der Waals surface area contributed by atoms with E-state index in [1.807, 2.05) is 30.3 Å². The van der Waals surface area contributed by atoms with Crippen molar-refractivity contribution in [1.82, 2.24) is 4.57 Å². The van der Waals surface area contributed by atoms with Crippen LogP contribution in [0.5, 0.6) is 0 Å². The van der Waals surface area contributed by atoms with Crippen LogP contribution in [0.3, 0.4) is 0 Å². The highest BCUT2D eigenvalue weighted by Gasteiger charge is 2.06. The molecule has 0 aliphatic carbocycles. The maximum Gasteiger partial charge on any atom is 0.328 e. The van der Waals surface area contributed by atoms with Crippen molar-refractivity contribution in [2.45, 2.75) is 13.3 Å². The molecule has 0 aliphatic heterocycles. The minimum Gasteiger partial charge on any atom is -0.478 e. The number of carbonyl (C=O) groups is 1. The molecule has 108 valence electrons. The Labute approximate surface area is 123 Å². The molecule has 1 aromatic heterocycles. The minimum atomic E-state index is -1.07. The molecule has 2 rings (SSSR count). The largest absolute Gasteiger partial charge is 0.478 e. The zero-order valence-electron chi connectivity index (χ0n) is 12.0. The number of hydrogen-bond donors (Lipinski definition) is 1. The van der Waals surface area contributed by atoms with Gasteiger partial charge in [-0.1, -0.05) is 31.2 Å². The second-order valence-electron chi connectivity index (χ2n) is 4.76. The molecule has 0 fully saturated rings. The Morgan fingerprint density at radius 2 is 1.86 bits per heavy atom. The van der Waals surface area contributed by atoms with Gasteiger partial charge in [-0.05, 0) is 35.8 Å². The van der Waals surface area contributed by atoms with Gasteiger partial charge in [-0.15, -0.1) is 0 Å². The van der Waals surface area contributed by atoms with Crippen LogP contribution in [0.15, 0.2) is 47.3 Å². The molecule has 0 bridgehead atoms. The van der Waals surface area contributed by atoms with E-state index < -0.39 is 5.97 Å². The van der Waals surface area contributed by atoms with Crippen molar-refractivity contribution in [2.75, 3.05) is 0 Å². The van der Waals surface area contributed by atoms with Gasteiger partial charge in [0.25, 0.3) is 5.56 Å². The summed E-state index contributed by atoms with van der Waals surface area (Å²) in [5.74, 6) is -1.07. The Morgan fingerprint density at radius 1 is 1.19 bits per heavy atom. The number of hydrogen-bond acceptors (Lipinski definition) is 2. The van der Waals surface area contributed by atoms with Gasteiger partial charge in [-0.2, -0.15) is 0 Å². The standard InChI is InChI=1S/C17H17NO3/c1-3-12-4-6-13(7-5-12)15-10-8-14(9-11-16(19)20)17(21)18(15)2/h4-11H,3H2,1-2H3,(H,19,20)/b11-9+. The average molecular weight is 283 g/mol. The second kappa shape index (κ2) is 6.22. The van der Waals surface area contributed by atoms with Crippen LogP contribution in [0.1, 0.15) is 18.1 Å². The molecule has 0 saturated heterocycles. The zero-order chi connectivity index (χ0) is 15.4. The van der Waals surface area contributed by atoms with Crippen molar-refractivity contribution in [3.05, 3.63) is 64.0 Å². The fourth-order valence-corrected chi connectivity index (χ4v) is 2.14. The number of aromatic nitrogens is 1. The zero-order valence-corrected chi connectivity index (χ0v) is 12.0. The maximum absolute atomic E-state index is 12.2. The molecule has 4 nitrogen and oxygen atoms in total. The molecule has 0 unspecified atom stereocenters. The Hall–Kier alpha value is -2.62. The van der Waals surface area contributed by atoms with Crippen LogP contribution in [-0.4, -0.2) is 15.6 Å². The topological polar surface area (TPSA) is 59.3 Å². The van der Waals surface area contributed by atoms with E-state index in [9.17, 15) is 9.59 Å². The van der Waals surface area contributed by atoms with E-state index >= 15 is 0 Å². The Morgan fingerprint density at radius 3 is 2.43 bits per heavy atom. The quantitative estimate of drug-likeness (QED) is 0.878. The molecule has 21 heavy (non-hydrogen) atoms. The third-order valence-corrected chi connectivity index (χ3v) is 3.40. The van der Waals surface area contributed by atoms with Crippen molar-refractivity contribution in [2.24, 2.45) is 7.05 Å². The lowest BCUT2D eigenvalue weighted by Crippen LogP contribution is -2.20. The molecule has 0 aliphatic rings. The molecule has 0 radical (unpaired) electrons. The van der Waals surface area contributed by atoms with Gasteiger partial charge in [0.15, 0.2) is 0 Å². The van der Waals surface area contributed by atoms with Crippen molar-refractivity contribution < 1.29 is 9.90 Å². The van der Waals surface area contributed by atoms with Gasteiger partial charge in [-0.25, -0.2) is 4.79 Å². The first kappa shape index (κ1) is 14.8. The Balaban J connectivity index is 2.44. The number of benzene rings is 1. The smallest absolute Gasteiger partial charge is 0.328 e. The third-order valence-electron chi connectivity index (χ3n) is 3.40. The van der Waals surface area contributed by atoms with Crippen molar-refractivity contribution in [1.29, 1.82) is 0 Å². The third kappa shape index (κ3) is 3.28.